The summed E-state index contributed by atoms with van der Waals surface area (Å²) in [6.07, 6.45) is 1.51. The predicted octanol–water partition coefficient (Wildman–Crippen LogP) is -0.741. The molecule has 0 unspecified atom stereocenters. The minimum atomic E-state index is -1.27. The maximum atomic E-state index is 11.2. The fraction of sp³-hybridized carbons (Fsp3) is 0.500. The van der Waals surface area contributed by atoms with Crippen LogP contribution in [0.1, 0.15) is 0 Å². The van der Waals surface area contributed by atoms with E-state index in [4.69, 9.17) is 10.2 Å². The Hall–Kier alpha value is -1.56. The van der Waals surface area contributed by atoms with Crippen LogP contribution in [0, 0.1) is 0 Å². The average Bonchev–Trinajstić information content (AvgIpc) is 2.13. The summed E-state index contributed by atoms with van der Waals surface area (Å²) in [6.45, 7) is 3.10. The van der Waals surface area contributed by atoms with Crippen LogP contribution in [0.5, 0.6) is 0 Å². The quantitative estimate of drug-likeness (QED) is 0.512. The molecule has 6 nitrogen and oxygen atoms in total. The van der Waals surface area contributed by atoms with E-state index in [1.165, 1.54) is 18.0 Å². The lowest BCUT2D eigenvalue weighted by Gasteiger charge is -2.18. The van der Waals surface area contributed by atoms with Crippen molar-refractivity contribution in [1.82, 2.24) is 10.2 Å². The molecule has 0 fully saturated rings. The molecule has 0 heterocycles. The molecular weight excluding hydrogens is 188 g/mol. The van der Waals surface area contributed by atoms with Crippen molar-refractivity contribution in [1.29, 1.82) is 0 Å². The van der Waals surface area contributed by atoms with Gasteiger partial charge in [-0.05, 0) is 0 Å². The van der Waals surface area contributed by atoms with Gasteiger partial charge in [0.25, 0.3) is 0 Å². The van der Waals surface area contributed by atoms with Gasteiger partial charge in [-0.2, -0.15) is 0 Å². The second kappa shape index (κ2) is 5.98. The second-order valence-electron chi connectivity index (χ2n) is 2.69. The molecule has 0 rings (SSSR count). The highest BCUT2D eigenvalue weighted by molar-refractivity contribution is 5.82. The van der Waals surface area contributed by atoms with Crippen LogP contribution >= 0.6 is 0 Å². The van der Waals surface area contributed by atoms with Crippen LogP contribution < -0.4 is 5.32 Å². The number of carboxylic acid groups (broad SMARTS) is 1. The SMILES string of the molecule is C=CCN(C)C(=O)N[C@H](CO)C(=O)O. The predicted molar refractivity (Wildman–Crippen MR) is 49.9 cm³/mol. The number of likely N-dealkylation sites (N-methyl/N-ethyl adjacent to an activating group) is 1. The van der Waals surface area contributed by atoms with Crippen LogP contribution in [-0.2, 0) is 4.79 Å². The van der Waals surface area contributed by atoms with E-state index in [0.717, 1.165) is 0 Å². The van der Waals surface area contributed by atoms with Gasteiger partial charge in [0.15, 0.2) is 6.04 Å². The number of nitrogens with zero attached hydrogens (tertiary/aromatic N) is 1. The summed E-state index contributed by atoms with van der Waals surface area (Å²) in [6, 6.07) is -1.83. The highest BCUT2D eigenvalue weighted by Crippen LogP contribution is 1.88. The zero-order chi connectivity index (χ0) is 11.1. The maximum absolute atomic E-state index is 11.2. The lowest BCUT2D eigenvalue weighted by atomic mass is 10.3. The first-order valence-corrected chi connectivity index (χ1v) is 3.99. The molecule has 1 atom stereocenters. The second-order valence-corrected chi connectivity index (χ2v) is 2.69. The molecule has 6 heteroatoms. The maximum Gasteiger partial charge on any atom is 0.328 e. The van der Waals surface area contributed by atoms with Gasteiger partial charge in [-0.1, -0.05) is 6.08 Å². The largest absolute Gasteiger partial charge is 0.480 e. The number of aliphatic hydroxyl groups excluding tert-OH is 1. The lowest BCUT2D eigenvalue weighted by Crippen LogP contribution is -2.48. The Morgan fingerprint density at radius 3 is 2.57 bits per heavy atom. The Balaban J connectivity index is 4.14. The smallest absolute Gasteiger partial charge is 0.328 e. The summed E-state index contributed by atoms with van der Waals surface area (Å²) >= 11 is 0. The molecule has 3 N–H and O–H groups in total. The number of aliphatic hydroxyl groups is 1. The fourth-order valence-corrected chi connectivity index (χ4v) is 0.721. The molecule has 0 aromatic heterocycles. The van der Waals surface area contributed by atoms with E-state index < -0.39 is 24.6 Å². The average molecular weight is 202 g/mol. The van der Waals surface area contributed by atoms with Crippen LogP contribution in [0.3, 0.4) is 0 Å². The van der Waals surface area contributed by atoms with Crippen molar-refractivity contribution in [3.63, 3.8) is 0 Å². The van der Waals surface area contributed by atoms with E-state index in [1.807, 2.05) is 0 Å². The number of rotatable bonds is 5. The first kappa shape index (κ1) is 12.4. The summed E-state index contributed by atoms with van der Waals surface area (Å²) < 4.78 is 0. The molecule has 14 heavy (non-hydrogen) atoms. The number of amides is 2. The number of carbonyl (C=O) groups excluding carboxylic acids is 1. The molecule has 0 spiro atoms. The first-order valence-electron chi connectivity index (χ1n) is 3.99. The Morgan fingerprint density at radius 1 is 1.64 bits per heavy atom. The van der Waals surface area contributed by atoms with Crippen LogP contribution in [0.15, 0.2) is 12.7 Å². The van der Waals surface area contributed by atoms with E-state index in [9.17, 15) is 9.59 Å². The number of nitrogens with one attached hydrogen (secondary N) is 1. The van der Waals surface area contributed by atoms with Crippen molar-refractivity contribution in [3.8, 4) is 0 Å². The van der Waals surface area contributed by atoms with Gasteiger partial charge in [0.1, 0.15) is 0 Å². The highest BCUT2D eigenvalue weighted by Gasteiger charge is 2.19. The molecule has 2 amide bonds. The number of hydrogen-bond acceptors (Lipinski definition) is 3. The van der Waals surface area contributed by atoms with Crippen molar-refractivity contribution < 1.29 is 19.8 Å². The van der Waals surface area contributed by atoms with Gasteiger partial charge in [-0.3, -0.25) is 0 Å². The van der Waals surface area contributed by atoms with Gasteiger partial charge in [0.05, 0.1) is 6.61 Å². The normalized spacial score (nSPS) is 11.6. The van der Waals surface area contributed by atoms with Crippen molar-refractivity contribution in [2.45, 2.75) is 6.04 Å². The topological polar surface area (TPSA) is 89.9 Å². The van der Waals surface area contributed by atoms with Crippen molar-refractivity contribution in [2.75, 3.05) is 20.2 Å². The molecule has 0 bridgehead atoms. The zero-order valence-corrected chi connectivity index (χ0v) is 7.93. The summed E-state index contributed by atoms with van der Waals surface area (Å²) in [4.78, 5) is 22.9. The molecule has 0 saturated carbocycles. The van der Waals surface area contributed by atoms with Gasteiger partial charge in [0, 0.05) is 13.6 Å². The molecule has 0 aromatic carbocycles. The first-order chi connectivity index (χ1) is 6.52. The summed E-state index contributed by atoms with van der Waals surface area (Å²) in [7, 11) is 1.49. The molecule has 0 radical (unpaired) electrons. The standard InChI is InChI=1S/C8H14N2O4/c1-3-4-10(2)8(14)9-6(5-11)7(12)13/h3,6,11H,1,4-5H2,2H3,(H,9,14)(H,12,13)/t6-/m1/s1. The van der Waals surface area contributed by atoms with Crippen LogP contribution in [0.2, 0.25) is 0 Å². The number of carboxylic acids is 1. The number of hydrogen-bond donors (Lipinski definition) is 3. The minimum absolute atomic E-state index is 0.309. The Kier molecular flexibility index (Phi) is 5.31. The van der Waals surface area contributed by atoms with Crippen LogP contribution in [-0.4, -0.2) is 53.4 Å². The molecule has 0 saturated heterocycles. The van der Waals surface area contributed by atoms with Gasteiger partial charge in [-0.25, -0.2) is 9.59 Å². The van der Waals surface area contributed by atoms with Crippen molar-refractivity contribution in [3.05, 3.63) is 12.7 Å². The molecule has 0 aromatic rings. The third-order valence-corrected chi connectivity index (χ3v) is 1.53. The molecular formula is C8H14N2O4. The highest BCUT2D eigenvalue weighted by atomic mass is 16.4. The van der Waals surface area contributed by atoms with E-state index >= 15 is 0 Å². The van der Waals surface area contributed by atoms with Crippen molar-refractivity contribution >= 4 is 12.0 Å². The molecule has 0 aliphatic heterocycles. The Bertz CT molecular complexity index is 229. The van der Waals surface area contributed by atoms with Gasteiger partial charge >= 0.3 is 12.0 Å². The number of carbonyl (C=O) groups is 2. The van der Waals surface area contributed by atoms with Crippen molar-refractivity contribution in [2.24, 2.45) is 0 Å². The molecule has 80 valence electrons. The Labute approximate surface area is 81.8 Å². The lowest BCUT2D eigenvalue weighted by molar-refractivity contribution is -0.140. The third kappa shape index (κ3) is 3.90. The summed E-state index contributed by atoms with van der Waals surface area (Å²) in [5.74, 6) is -1.27. The monoisotopic (exact) mass is 202 g/mol. The van der Waals surface area contributed by atoms with Gasteiger partial charge in [0.2, 0.25) is 0 Å². The summed E-state index contributed by atoms with van der Waals surface area (Å²) in [5.41, 5.74) is 0. The zero-order valence-electron chi connectivity index (χ0n) is 7.93. The molecule has 0 aliphatic rings. The van der Waals surface area contributed by atoms with Gasteiger partial charge < -0.3 is 20.4 Å². The fourth-order valence-electron chi connectivity index (χ4n) is 0.721. The van der Waals surface area contributed by atoms with E-state index in [0.29, 0.717) is 6.54 Å². The van der Waals surface area contributed by atoms with Gasteiger partial charge in [-0.15, -0.1) is 6.58 Å². The van der Waals surface area contributed by atoms with Crippen LogP contribution in [0.4, 0.5) is 4.79 Å². The third-order valence-electron chi connectivity index (χ3n) is 1.53. The molecule has 0 aliphatic carbocycles. The summed E-state index contributed by atoms with van der Waals surface area (Å²) in [5, 5.41) is 19.3. The number of aliphatic carboxylic acids is 1. The van der Waals surface area contributed by atoms with Crippen LogP contribution in [0.25, 0.3) is 0 Å². The minimum Gasteiger partial charge on any atom is -0.480 e. The van der Waals surface area contributed by atoms with E-state index in [1.54, 1.807) is 0 Å². The van der Waals surface area contributed by atoms with E-state index in [2.05, 4.69) is 11.9 Å². The Morgan fingerprint density at radius 2 is 2.21 bits per heavy atom. The number of urea groups is 1. The van der Waals surface area contributed by atoms with E-state index in [-0.39, 0.29) is 0 Å².